The maximum Gasteiger partial charge on any atom is 0.252 e. The summed E-state index contributed by atoms with van der Waals surface area (Å²) in [4.78, 5) is 12.4. The van der Waals surface area contributed by atoms with Gasteiger partial charge in [-0.1, -0.05) is 28.1 Å². The molecule has 2 aromatic rings. The standard InChI is InChI=1S/C17H18BrNO3/c1-11(12-4-6-14(18)7-5-12)19-17(20)13-8-15(21-2)10-16(9-13)22-3/h4-11H,1-3H3,(H,19,20)/t11-/m0/s1. The summed E-state index contributed by atoms with van der Waals surface area (Å²) >= 11 is 3.40. The third kappa shape index (κ3) is 4.01. The number of carbonyl (C=O) groups is 1. The number of nitrogens with one attached hydrogen (secondary N) is 1. The van der Waals surface area contributed by atoms with Crippen LogP contribution in [0.4, 0.5) is 0 Å². The minimum atomic E-state index is -0.174. The Morgan fingerprint density at radius 3 is 2.09 bits per heavy atom. The third-order valence-electron chi connectivity index (χ3n) is 3.33. The summed E-state index contributed by atoms with van der Waals surface area (Å²) in [6, 6.07) is 12.9. The lowest BCUT2D eigenvalue weighted by molar-refractivity contribution is 0.0939. The summed E-state index contributed by atoms with van der Waals surface area (Å²) in [5.41, 5.74) is 1.53. The van der Waals surface area contributed by atoms with Crippen molar-refractivity contribution in [2.24, 2.45) is 0 Å². The molecule has 2 rings (SSSR count). The zero-order valence-corrected chi connectivity index (χ0v) is 14.3. The van der Waals surface area contributed by atoms with Gasteiger partial charge in [0.25, 0.3) is 5.91 Å². The van der Waals surface area contributed by atoms with Gasteiger partial charge in [-0.25, -0.2) is 0 Å². The van der Waals surface area contributed by atoms with Crippen LogP contribution in [0, 0.1) is 0 Å². The van der Waals surface area contributed by atoms with Crippen LogP contribution in [-0.4, -0.2) is 20.1 Å². The highest BCUT2D eigenvalue weighted by Gasteiger charge is 2.13. The topological polar surface area (TPSA) is 47.6 Å². The van der Waals surface area contributed by atoms with E-state index in [9.17, 15) is 4.79 Å². The summed E-state index contributed by atoms with van der Waals surface area (Å²) < 4.78 is 11.4. The summed E-state index contributed by atoms with van der Waals surface area (Å²) in [6.45, 7) is 1.94. The van der Waals surface area contributed by atoms with Gasteiger partial charge in [-0.15, -0.1) is 0 Å². The highest BCUT2D eigenvalue weighted by molar-refractivity contribution is 9.10. The van der Waals surface area contributed by atoms with Crippen molar-refractivity contribution >= 4 is 21.8 Å². The molecule has 1 amide bonds. The van der Waals surface area contributed by atoms with Crippen LogP contribution in [0.15, 0.2) is 46.9 Å². The summed E-state index contributed by atoms with van der Waals surface area (Å²) in [6.07, 6.45) is 0. The fourth-order valence-corrected chi connectivity index (χ4v) is 2.32. The average molecular weight is 364 g/mol. The Labute approximate surface area is 138 Å². The maximum absolute atomic E-state index is 12.4. The van der Waals surface area contributed by atoms with Crippen LogP contribution < -0.4 is 14.8 Å². The molecule has 0 fully saturated rings. The van der Waals surface area contributed by atoms with Gasteiger partial charge in [-0.2, -0.15) is 0 Å². The summed E-state index contributed by atoms with van der Waals surface area (Å²) in [5, 5.41) is 2.97. The van der Waals surface area contributed by atoms with Crippen molar-refractivity contribution in [2.75, 3.05) is 14.2 Å². The van der Waals surface area contributed by atoms with E-state index in [4.69, 9.17) is 9.47 Å². The van der Waals surface area contributed by atoms with E-state index in [1.165, 1.54) is 0 Å². The lowest BCUT2D eigenvalue weighted by Crippen LogP contribution is -2.26. The second-order valence-electron chi connectivity index (χ2n) is 4.85. The minimum Gasteiger partial charge on any atom is -0.497 e. The lowest BCUT2D eigenvalue weighted by Gasteiger charge is -2.15. The van der Waals surface area contributed by atoms with Crippen molar-refractivity contribution in [3.05, 3.63) is 58.1 Å². The Hall–Kier alpha value is -2.01. The van der Waals surface area contributed by atoms with Crippen LogP contribution in [0.25, 0.3) is 0 Å². The summed E-state index contributed by atoms with van der Waals surface area (Å²) in [5.74, 6) is 0.995. The molecule has 0 saturated heterocycles. The number of hydrogen-bond donors (Lipinski definition) is 1. The van der Waals surface area contributed by atoms with Gasteiger partial charge < -0.3 is 14.8 Å². The molecule has 2 aromatic carbocycles. The van der Waals surface area contributed by atoms with E-state index in [1.54, 1.807) is 32.4 Å². The Morgan fingerprint density at radius 1 is 1.05 bits per heavy atom. The molecule has 0 heterocycles. The highest BCUT2D eigenvalue weighted by Crippen LogP contribution is 2.23. The number of methoxy groups -OCH3 is 2. The highest BCUT2D eigenvalue weighted by atomic mass is 79.9. The van der Waals surface area contributed by atoms with Gasteiger partial charge in [0.15, 0.2) is 0 Å². The first-order valence-electron chi connectivity index (χ1n) is 6.83. The molecule has 5 heteroatoms. The van der Waals surface area contributed by atoms with E-state index < -0.39 is 0 Å². The van der Waals surface area contributed by atoms with E-state index in [-0.39, 0.29) is 11.9 Å². The first kappa shape index (κ1) is 16.4. The second kappa shape index (κ2) is 7.31. The zero-order chi connectivity index (χ0) is 16.1. The molecule has 0 unspecified atom stereocenters. The van der Waals surface area contributed by atoms with Crippen LogP contribution in [0.2, 0.25) is 0 Å². The quantitative estimate of drug-likeness (QED) is 0.874. The van der Waals surface area contributed by atoms with Crippen molar-refractivity contribution in [1.29, 1.82) is 0 Å². The van der Waals surface area contributed by atoms with Gasteiger partial charge in [-0.05, 0) is 36.8 Å². The molecule has 0 aromatic heterocycles. The molecule has 0 aliphatic heterocycles. The number of benzene rings is 2. The fourth-order valence-electron chi connectivity index (χ4n) is 2.05. The molecule has 0 saturated carbocycles. The molecule has 22 heavy (non-hydrogen) atoms. The Kier molecular flexibility index (Phi) is 5.44. The zero-order valence-electron chi connectivity index (χ0n) is 12.7. The number of ether oxygens (including phenoxy) is 2. The molecule has 0 spiro atoms. The van der Waals surface area contributed by atoms with Crippen LogP contribution in [0.1, 0.15) is 28.9 Å². The fraction of sp³-hybridized carbons (Fsp3) is 0.235. The van der Waals surface area contributed by atoms with E-state index in [0.29, 0.717) is 17.1 Å². The third-order valence-corrected chi connectivity index (χ3v) is 3.86. The van der Waals surface area contributed by atoms with Crippen LogP contribution in [-0.2, 0) is 0 Å². The van der Waals surface area contributed by atoms with E-state index in [2.05, 4.69) is 21.2 Å². The number of halogens is 1. The normalized spacial score (nSPS) is 11.6. The van der Waals surface area contributed by atoms with Crippen molar-refractivity contribution in [1.82, 2.24) is 5.32 Å². The first-order valence-corrected chi connectivity index (χ1v) is 7.62. The van der Waals surface area contributed by atoms with Gasteiger partial charge in [-0.3, -0.25) is 4.79 Å². The van der Waals surface area contributed by atoms with Crippen molar-refractivity contribution in [2.45, 2.75) is 13.0 Å². The molecule has 116 valence electrons. The number of hydrogen-bond acceptors (Lipinski definition) is 3. The molecule has 0 radical (unpaired) electrons. The molecule has 1 N–H and O–H groups in total. The molecule has 0 aliphatic carbocycles. The molecule has 1 atom stereocenters. The van der Waals surface area contributed by atoms with Crippen LogP contribution in [0.3, 0.4) is 0 Å². The largest absolute Gasteiger partial charge is 0.497 e. The second-order valence-corrected chi connectivity index (χ2v) is 5.76. The lowest BCUT2D eigenvalue weighted by atomic mass is 10.1. The van der Waals surface area contributed by atoms with Crippen molar-refractivity contribution < 1.29 is 14.3 Å². The molecule has 4 nitrogen and oxygen atoms in total. The molecule has 0 bridgehead atoms. The Balaban J connectivity index is 2.16. The average Bonchev–Trinajstić information content (AvgIpc) is 2.54. The van der Waals surface area contributed by atoms with E-state index in [0.717, 1.165) is 10.0 Å². The Bertz CT molecular complexity index is 633. The van der Waals surface area contributed by atoms with E-state index in [1.807, 2.05) is 31.2 Å². The predicted molar refractivity (Wildman–Crippen MR) is 89.6 cm³/mol. The monoisotopic (exact) mass is 363 g/mol. The Morgan fingerprint density at radius 2 is 1.59 bits per heavy atom. The number of rotatable bonds is 5. The molecule has 0 aliphatic rings. The van der Waals surface area contributed by atoms with Gasteiger partial charge in [0, 0.05) is 16.1 Å². The number of amides is 1. The van der Waals surface area contributed by atoms with Crippen LogP contribution in [0.5, 0.6) is 11.5 Å². The first-order chi connectivity index (χ1) is 10.5. The predicted octanol–water partition coefficient (Wildman–Crippen LogP) is 3.96. The van der Waals surface area contributed by atoms with Crippen molar-refractivity contribution in [3.8, 4) is 11.5 Å². The van der Waals surface area contributed by atoms with Gasteiger partial charge >= 0.3 is 0 Å². The smallest absolute Gasteiger partial charge is 0.252 e. The van der Waals surface area contributed by atoms with Crippen LogP contribution >= 0.6 is 15.9 Å². The SMILES string of the molecule is COc1cc(OC)cc(C(=O)N[C@@H](C)c2ccc(Br)cc2)c1. The summed E-state index contributed by atoms with van der Waals surface area (Å²) in [7, 11) is 3.11. The van der Waals surface area contributed by atoms with Gasteiger partial charge in [0.05, 0.1) is 20.3 Å². The van der Waals surface area contributed by atoms with Gasteiger partial charge in [0.2, 0.25) is 0 Å². The van der Waals surface area contributed by atoms with Gasteiger partial charge in [0.1, 0.15) is 11.5 Å². The number of carbonyl (C=O) groups excluding carboxylic acids is 1. The molecular weight excluding hydrogens is 346 g/mol. The van der Waals surface area contributed by atoms with E-state index >= 15 is 0 Å². The molecular formula is C17H18BrNO3. The minimum absolute atomic E-state index is 0.0993. The van der Waals surface area contributed by atoms with Crippen molar-refractivity contribution in [3.63, 3.8) is 0 Å². The maximum atomic E-state index is 12.4.